The second-order valence-corrected chi connectivity index (χ2v) is 10.5. The Balaban J connectivity index is 3.31. The van der Waals surface area contributed by atoms with Crippen molar-refractivity contribution >= 4 is 39.4 Å². The third-order valence-corrected chi connectivity index (χ3v) is 6.35. The molecule has 1 rings (SSSR count). The Morgan fingerprint density at radius 2 is 1.68 bits per heavy atom. The van der Waals surface area contributed by atoms with Crippen molar-refractivity contribution in [2.75, 3.05) is 17.8 Å². The standard InChI is InChI=1S/C8H10ClNO6S3/c1-17(11,12)7-3-2-4-10-8(7)18(13,14)5-6-19(9,15)16/h2-4H,5-6H2,1H3. The Hall–Kier alpha value is -0.710. The Bertz CT molecular complexity index is 782. The maximum atomic E-state index is 11.9. The number of hydrogen-bond donors (Lipinski definition) is 0. The molecule has 1 aromatic rings. The number of halogens is 1. The Morgan fingerprint density at radius 1 is 1.11 bits per heavy atom. The summed E-state index contributed by atoms with van der Waals surface area (Å²) in [6.45, 7) is 0. The Labute approximate surface area is 115 Å². The van der Waals surface area contributed by atoms with E-state index < -0.39 is 50.2 Å². The van der Waals surface area contributed by atoms with E-state index in [0.717, 1.165) is 18.5 Å². The lowest BCUT2D eigenvalue weighted by Gasteiger charge is -2.06. The van der Waals surface area contributed by atoms with Gasteiger partial charge in [0, 0.05) is 23.1 Å². The summed E-state index contributed by atoms with van der Waals surface area (Å²) in [6.07, 6.45) is 1.94. The van der Waals surface area contributed by atoms with Crippen LogP contribution in [0.3, 0.4) is 0 Å². The van der Waals surface area contributed by atoms with E-state index in [1.165, 1.54) is 6.07 Å². The van der Waals surface area contributed by atoms with Gasteiger partial charge in [0.25, 0.3) is 0 Å². The van der Waals surface area contributed by atoms with Crippen molar-refractivity contribution < 1.29 is 25.3 Å². The first-order chi connectivity index (χ1) is 8.43. The summed E-state index contributed by atoms with van der Waals surface area (Å²) >= 11 is 0. The molecule has 0 atom stereocenters. The molecular weight excluding hydrogens is 338 g/mol. The number of pyridine rings is 1. The third-order valence-electron chi connectivity index (χ3n) is 2.03. The van der Waals surface area contributed by atoms with Gasteiger partial charge in [0.15, 0.2) is 24.7 Å². The summed E-state index contributed by atoms with van der Waals surface area (Å²) in [7, 11) is -7.03. The molecular formula is C8H10ClNO6S3. The smallest absolute Gasteiger partial charge is 0.233 e. The molecule has 108 valence electrons. The average molecular weight is 348 g/mol. The van der Waals surface area contributed by atoms with Crippen LogP contribution < -0.4 is 0 Å². The lowest BCUT2D eigenvalue weighted by atomic mass is 10.5. The molecule has 19 heavy (non-hydrogen) atoms. The van der Waals surface area contributed by atoms with Crippen molar-refractivity contribution in [1.29, 1.82) is 0 Å². The maximum Gasteiger partial charge on any atom is 0.233 e. The molecule has 0 aromatic carbocycles. The van der Waals surface area contributed by atoms with Crippen molar-refractivity contribution in [3.05, 3.63) is 18.3 Å². The van der Waals surface area contributed by atoms with Gasteiger partial charge in [0.05, 0.1) is 11.5 Å². The van der Waals surface area contributed by atoms with Crippen LogP contribution in [0, 0.1) is 0 Å². The van der Waals surface area contributed by atoms with E-state index in [-0.39, 0.29) is 0 Å². The van der Waals surface area contributed by atoms with Crippen molar-refractivity contribution in [2.24, 2.45) is 0 Å². The molecule has 0 saturated carbocycles. The van der Waals surface area contributed by atoms with Crippen molar-refractivity contribution in [1.82, 2.24) is 4.98 Å². The van der Waals surface area contributed by atoms with Gasteiger partial charge in [-0.2, -0.15) is 0 Å². The van der Waals surface area contributed by atoms with Gasteiger partial charge in [-0.1, -0.05) is 0 Å². The second-order valence-electron chi connectivity index (χ2n) is 3.64. The van der Waals surface area contributed by atoms with Crippen LogP contribution in [0.15, 0.2) is 28.3 Å². The van der Waals surface area contributed by atoms with E-state index in [1.807, 2.05) is 0 Å². The number of hydrogen-bond acceptors (Lipinski definition) is 7. The minimum atomic E-state index is -4.16. The minimum Gasteiger partial charge on any atom is -0.243 e. The Morgan fingerprint density at radius 3 is 2.16 bits per heavy atom. The number of aromatic nitrogens is 1. The quantitative estimate of drug-likeness (QED) is 0.679. The average Bonchev–Trinajstić information content (AvgIpc) is 2.25. The molecule has 0 aliphatic carbocycles. The molecule has 0 aliphatic heterocycles. The zero-order valence-electron chi connectivity index (χ0n) is 9.65. The highest BCUT2D eigenvalue weighted by Gasteiger charge is 2.26. The Kier molecular flexibility index (Phi) is 4.60. The predicted molar refractivity (Wildman–Crippen MR) is 69.0 cm³/mol. The fourth-order valence-corrected chi connectivity index (χ4v) is 5.76. The van der Waals surface area contributed by atoms with E-state index in [4.69, 9.17) is 10.7 Å². The van der Waals surface area contributed by atoms with Crippen LogP contribution in [0.2, 0.25) is 0 Å². The molecule has 1 heterocycles. The van der Waals surface area contributed by atoms with E-state index in [0.29, 0.717) is 0 Å². The maximum absolute atomic E-state index is 11.9. The van der Waals surface area contributed by atoms with Crippen molar-refractivity contribution in [2.45, 2.75) is 9.92 Å². The van der Waals surface area contributed by atoms with Gasteiger partial charge in [-0.3, -0.25) is 0 Å². The SMILES string of the molecule is CS(=O)(=O)c1cccnc1S(=O)(=O)CCS(=O)(=O)Cl. The van der Waals surface area contributed by atoms with Gasteiger partial charge in [0.1, 0.15) is 4.90 Å². The van der Waals surface area contributed by atoms with Gasteiger partial charge in [-0.25, -0.2) is 30.2 Å². The van der Waals surface area contributed by atoms with Crippen LogP contribution >= 0.6 is 10.7 Å². The molecule has 0 spiro atoms. The lowest BCUT2D eigenvalue weighted by Crippen LogP contribution is -2.18. The molecule has 0 unspecified atom stereocenters. The summed E-state index contributed by atoms with van der Waals surface area (Å²) in [6, 6.07) is 2.36. The van der Waals surface area contributed by atoms with Crippen LogP contribution in [-0.4, -0.2) is 48.0 Å². The van der Waals surface area contributed by atoms with Gasteiger partial charge in [-0.15, -0.1) is 0 Å². The van der Waals surface area contributed by atoms with Crippen LogP contribution in [0.5, 0.6) is 0 Å². The zero-order valence-corrected chi connectivity index (χ0v) is 12.9. The largest absolute Gasteiger partial charge is 0.243 e. The van der Waals surface area contributed by atoms with Crippen LogP contribution in [0.1, 0.15) is 0 Å². The number of sulfone groups is 2. The van der Waals surface area contributed by atoms with E-state index >= 15 is 0 Å². The van der Waals surface area contributed by atoms with Gasteiger partial charge >= 0.3 is 0 Å². The first-order valence-electron chi connectivity index (χ1n) is 4.74. The molecule has 11 heteroatoms. The van der Waals surface area contributed by atoms with Gasteiger partial charge < -0.3 is 0 Å². The third kappa shape index (κ3) is 4.71. The molecule has 0 bridgehead atoms. The van der Waals surface area contributed by atoms with Gasteiger partial charge in [0.2, 0.25) is 9.05 Å². The zero-order chi connectivity index (χ0) is 14.9. The monoisotopic (exact) mass is 347 g/mol. The summed E-state index contributed by atoms with van der Waals surface area (Å²) < 4.78 is 68.2. The number of nitrogens with zero attached hydrogens (tertiary/aromatic N) is 1. The highest BCUT2D eigenvalue weighted by Crippen LogP contribution is 2.19. The molecule has 1 aromatic heterocycles. The summed E-state index contributed by atoms with van der Waals surface area (Å²) in [5.74, 6) is -1.66. The molecule has 0 radical (unpaired) electrons. The van der Waals surface area contributed by atoms with E-state index in [2.05, 4.69) is 4.98 Å². The van der Waals surface area contributed by atoms with E-state index in [1.54, 1.807) is 0 Å². The molecule has 7 nitrogen and oxygen atoms in total. The van der Waals surface area contributed by atoms with Crippen molar-refractivity contribution in [3.63, 3.8) is 0 Å². The van der Waals surface area contributed by atoms with Crippen LogP contribution in [-0.2, 0) is 28.7 Å². The summed E-state index contributed by atoms with van der Waals surface area (Å²) in [5.41, 5.74) is 0. The fraction of sp³-hybridized carbons (Fsp3) is 0.375. The first kappa shape index (κ1) is 16.3. The second kappa shape index (κ2) is 5.35. The molecule has 0 fully saturated rings. The first-order valence-corrected chi connectivity index (χ1v) is 10.8. The van der Waals surface area contributed by atoms with Gasteiger partial charge in [-0.05, 0) is 12.1 Å². The summed E-state index contributed by atoms with van der Waals surface area (Å²) in [4.78, 5) is 3.04. The lowest BCUT2D eigenvalue weighted by molar-refractivity contribution is 0.579. The minimum absolute atomic E-state index is 0.470. The topological polar surface area (TPSA) is 115 Å². The molecule has 0 saturated heterocycles. The number of rotatable bonds is 5. The fourth-order valence-electron chi connectivity index (χ4n) is 1.20. The predicted octanol–water partition coefficient (Wildman–Crippen LogP) is -0.173. The highest BCUT2D eigenvalue weighted by atomic mass is 35.7. The molecule has 0 amide bonds. The molecule has 0 aliphatic rings. The normalized spacial score (nSPS) is 13.4. The van der Waals surface area contributed by atoms with Crippen LogP contribution in [0.25, 0.3) is 0 Å². The van der Waals surface area contributed by atoms with E-state index in [9.17, 15) is 25.3 Å². The highest BCUT2D eigenvalue weighted by molar-refractivity contribution is 8.14. The summed E-state index contributed by atoms with van der Waals surface area (Å²) in [5, 5.41) is -0.669. The molecule has 0 N–H and O–H groups in total. The van der Waals surface area contributed by atoms with Crippen molar-refractivity contribution in [3.8, 4) is 0 Å². The van der Waals surface area contributed by atoms with Crippen LogP contribution in [0.4, 0.5) is 0 Å².